The van der Waals surface area contributed by atoms with E-state index in [1.54, 1.807) is 0 Å². The van der Waals surface area contributed by atoms with Crippen molar-refractivity contribution in [2.24, 2.45) is 11.5 Å². The minimum absolute atomic E-state index is 0.0134. The molecule has 186 valence electrons. The summed E-state index contributed by atoms with van der Waals surface area (Å²) < 4.78 is 0. The van der Waals surface area contributed by atoms with E-state index < -0.39 is 66.2 Å². The molecule has 1 aliphatic heterocycles. The highest BCUT2D eigenvalue weighted by Crippen LogP contribution is 2.20. The van der Waals surface area contributed by atoms with Crippen LogP contribution in [0.2, 0.25) is 0 Å². The molecule has 4 amide bonds. The number of nitrogens with two attached hydrogens (primary N) is 2. The number of thioether (sulfide) groups is 1. The van der Waals surface area contributed by atoms with Gasteiger partial charge in [-0.1, -0.05) is 0 Å². The molecule has 0 aliphatic carbocycles. The quantitative estimate of drug-likeness (QED) is 0.155. The van der Waals surface area contributed by atoms with Crippen molar-refractivity contribution in [2.75, 3.05) is 18.6 Å². The number of rotatable bonds is 14. The fourth-order valence-electron chi connectivity index (χ4n) is 3.35. The molecule has 1 aliphatic rings. The standard InChI is InChI=1S/C19H31N5O8S/c1-33-8-6-11(22-16(28)10(20)4-5-14(21)25)18(30)24-7-2-3-13(24)17(29)23-12(19(31)32)9-15(26)27/h10-13H,2-9,20H2,1H3,(H2,21,25)(H,22,28)(H,23,29)(H,26,27)(H,31,32). The van der Waals surface area contributed by atoms with E-state index in [1.165, 1.54) is 16.7 Å². The van der Waals surface area contributed by atoms with Crippen molar-refractivity contribution in [3.63, 3.8) is 0 Å². The van der Waals surface area contributed by atoms with Crippen LogP contribution in [0.4, 0.5) is 0 Å². The number of amides is 4. The Labute approximate surface area is 195 Å². The van der Waals surface area contributed by atoms with Gasteiger partial charge in [-0.3, -0.25) is 24.0 Å². The average molecular weight is 490 g/mol. The second-order valence-electron chi connectivity index (χ2n) is 7.64. The number of carboxylic acids is 2. The molecule has 0 radical (unpaired) electrons. The van der Waals surface area contributed by atoms with Crippen molar-refractivity contribution in [1.82, 2.24) is 15.5 Å². The lowest BCUT2D eigenvalue weighted by Crippen LogP contribution is -2.57. The number of hydrogen-bond acceptors (Lipinski definition) is 8. The molecule has 1 saturated heterocycles. The Morgan fingerprint density at radius 2 is 1.76 bits per heavy atom. The number of carboxylic acid groups (broad SMARTS) is 2. The van der Waals surface area contributed by atoms with Crippen LogP contribution in [0.1, 0.15) is 38.5 Å². The topological polar surface area (TPSA) is 222 Å². The van der Waals surface area contributed by atoms with E-state index >= 15 is 0 Å². The van der Waals surface area contributed by atoms with Crippen LogP contribution in [-0.4, -0.2) is 93.4 Å². The summed E-state index contributed by atoms with van der Waals surface area (Å²) in [5.74, 6) is -4.92. The number of carbonyl (C=O) groups is 6. The Balaban J connectivity index is 2.91. The van der Waals surface area contributed by atoms with Crippen LogP contribution in [0.25, 0.3) is 0 Å². The van der Waals surface area contributed by atoms with Gasteiger partial charge in [-0.05, 0) is 37.7 Å². The maximum Gasteiger partial charge on any atom is 0.326 e. The fraction of sp³-hybridized carbons (Fsp3) is 0.684. The van der Waals surface area contributed by atoms with Gasteiger partial charge in [0.2, 0.25) is 23.6 Å². The summed E-state index contributed by atoms with van der Waals surface area (Å²) in [7, 11) is 0. The van der Waals surface area contributed by atoms with E-state index in [1.807, 2.05) is 6.26 Å². The van der Waals surface area contributed by atoms with Crippen LogP contribution in [0.3, 0.4) is 0 Å². The number of nitrogens with zero attached hydrogens (tertiary/aromatic N) is 1. The van der Waals surface area contributed by atoms with Crippen LogP contribution in [0, 0.1) is 0 Å². The molecule has 0 saturated carbocycles. The molecular weight excluding hydrogens is 458 g/mol. The number of aliphatic carboxylic acids is 2. The first-order chi connectivity index (χ1) is 15.5. The summed E-state index contributed by atoms with van der Waals surface area (Å²) in [4.78, 5) is 72.6. The van der Waals surface area contributed by atoms with E-state index in [-0.39, 0.29) is 32.2 Å². The zero-order valence-corrected chi connectivity index (χ0v) is 19.1. The molecule has 4 atom stereocenters. The van der Waals surface area contributed by atoms with Gasteiger partial charge in [0.1, 0.15) is 18.1 Å². The lowest BCUT2D eigenvalue weighted by atomic mass is 10.1. The molecule has 0 aromatic heterocycles. The Morgan fingerprint density at radius 3 is 2.30 bits per heavy atom. The molecule has 1 rings (SSSR count). The van der Waals surface area contributed by atoms with E-state index in [0.29, 0.717) is 12.2 Å². The van der Waals surface area contributed by atoms with E-state index in [2.05, 4.69) is 10.6 Å². The SMILES string of the molecule is CSCCC(NC(=O)C(N)CCC(N)=O)C(=O)N1CCCC1C(=O)NC(CC(=O)O)C(=O)O. The Hall–Kier alpha value is -2.87. The zero-order chi connectivity index (χ0) is 25.1. The molecule has 14 heteroatoms. The number of primary amides is 1. The van der Waals surface area contributed by atoms with Crippen molar-refractivity contribution >= 4 is 47.3 Å². The monoisotopic (exact) mass is 489 g/mol. The first-order valence-electron chi connectivity index (χ1n) is 10.4. The normalized spacial score (nSPS) is 18.1. The largest absolute Gasteiger partial charge is 0.481 e. The van der Waals surface area contributed by atoms with Gasteiger partial charge in [0.25, 0.3) is 0 Å². The summed E-state index contributed by atoms with van der Waals surface area (Å²) in [6, 6.07) is -4.66. The van der Waals surface area contributed by atoms with Crippen molar-refractivity contribution in [2.45, 2.75) is 62.7 Å². The molecule has 8 N–H and O–H groups in total. The molecule has 0 aromatic rings. The molecule has 1 fully saturated rings. The third-order valence-corrected chi connectivity index (χ3v) is 5.74. The summed E-state index contributed by atoms with van der Waals surface area (Å²) >= 11 is 1.45. The van der Waals surface area contributed by atoms with E-state index in [0.717, 1.165) is 0 Å². The van der Waals surface area contributed by atoms with Gasteiger partial charge in [0, 0.05) is 13.0 Å². The minimum Gasteiger partial charge on any atom is -0.481 e. The van der Waals surface area contributed by atoms with Gasteiger partial charge < -0.3 is 37.2 Å². The Bertz CT molecular complexity index is 764. The Kier molecular flexibility index (Phi) is 11.6. The smallest absolute Gasteiger partial charge is 0.326 e. The van der Waals surface area contributed by atoms with Gasteiger partial charge in [0.15, 0.2) is 0 Å². The number of nitrogens with one attached hydrogen (secondary N) is 2. The minimum atomic E-state index is -1.64. The molecule has 33 heavy (non-hydrogen) atoms. The van der Waals surface area contributed by atoms with Crippen molar-refractivity contribution in [3.8, 4) is 0 Å². The summed E-state index contributed by atoms with van der Waals surface area (Å²) in [5.41, 5.74) is 10.8. The number of hydrogen-bond donors (Lipinski definition) is 6. The molecule has 0 spiro atoms. The molecule has 1 heterocycles. The lowest BCUT2D eigenvalue weighted by molar-refractivity contribution is -0.148. The highest BCUT2D eigenvalue weighted by atomic mass is 32.2. The number of carbonyl (C=O) groups excluding carboxylic acids is 4. The maximum absolute atomic E-state index is 13.2. The fourth-order valence-corrected chi connectivity index (χ4v) is 3.82. The second kappa shape index (κ2) is 13.6. The average Bonchev–Trinajstić information content (AvgIpc) is 3.23. The van der Waals surface area contributed by atoms with Gasteiger partial charge in [-0.2, -0.15) is 11.8 Å². The van der Waals surface area contributed by atoms with Gasteiger partial charge in [-0.15, -0.1) is 0 Å². The highest BCUT2D eigenvalue weighted by molar-refractivity contribution is 7.98. The summed E-state index contributed by atoms with van der Waals surface area (Å²) in [6.07, 6.45) is 1.93. The first kappa shape index (κ1) is 28.2. The van der Waals surface area contributed by atoms with Crippen molar-refractivity contribution in [3.05, 3.63) is 0 Å². The second-order valence-corrected chi connectivity index (χ2v) is 8.63. The van der Waals surface area contributed by atoms with E-state index in [9.17, 15) is 28.8 Å². The molecular formula is C19H31N5O8S. The first-order valence-corrected chi connectivity index (χ1v) is 11.8. The third kappa shape index (κ3) is 9.26. The lowest BCUT2D eigenvalue weighted by Gasteiger charge is -2.29. The van der Waals surface area contributed by atoms with Crippen LogP contribution in [0.15, 0.2) is 0 Å². The van der Waals surface area contributed by atoms with Gasteiger partial charge in [-0.25, -0.2) is 4.79 Å². The Morgan fingerprint density at radius 1 is 1.09 bits per heavy atom. The highest BCUT2D eigenvalue weighted by Gasteiger charge is 2.39. The van der Waals surface area contributed by atoms with Crippen LogP contribution < -0.4 is 22.1 Å². The third-order valence-electron chi connectivity index (χ3n) is 5.10. The summed E-state index contributed by atoms with van der Waals surface area (Å²) in [6.45, 7) is 0.215. The van der Waals surface area contributed by atoms with Gasteiger partial charge >= 0.3 is 11.9 Å². The molecule has 13 nitrogen and oxygen atoms in total. The van der Waals surface area contributed by atoms with Crippen LogP contribution in [-0.2, 0) is 28.8 Å². The maximum atomic E-state index is 13.2. The van der Waals surface area contributed by atoms with Gasteiger partial charge in [0.05, 0.1) is 12.5 Å². The van der Waals surface area contributed by atoms with Crippen molar-refractivity contribution in [1.29, 1.82) is 0 Å². The molecule has 4 unspecified atom stereocenters. The van der Waals surface area contributed by atoms with Crippen LogP contribution >= 0.6 is 11.8 Å². The summed E-state index contributed by atoms with van der Waals surface area (Å²) in [5, 5.41) is 22.7. The number of likely N-dealkylation sites (tertiary alicyclic amines) is 1. The van der Waals surface area contributed by atoms with E-state index in [4.69, 9.17) is 21.7 Å². The molecule has 0 bridgehead atoms. The zero-order valence-electron chi connectivity index (χ0n) is 18.3. The van der Waals surface area contributed by atoms with Crippen molar-refractivity contribution < 1.29 is 39.0 Å². The van der Waals surface area contributed by atoms with Crippen LogP contribution in [0.5, 0.6) is 0 Å². The predicted molar refractivity (Wildman–Crippen MR) is 118 cm³/mol. The molecule has 0 aromatic carbocycles. The predicted octanol–water partition coefficient (Wildman–Crippen LogP) is -2.15.